The third-order valence-electron chi connectivity index (χ3n) is 3.48. The topological polar surface area (TPSA) is 64.7 Å². The van der Waals surface area contributed by atoms with E-state index in [0.29, 0.717) is 13.0 Å². The lowest BCUT2D eigenvalue weighted by molar-refractivity contribution is 0.0414. The van der Waals surface area contributed by atoms with Crippen LogP contribution in [0.2, 0.25) is 0 Å². The van der Waals surface area contributed by atoms with E-state index in [0.717, 1.165) is 24.3 Å². The lowest BCUT2D eigenvalue weighted by Gasteiger charge is -2.26. The van der Waals surface area contributed by atoms with Crippen LogP contribution in [0, 0.1) is 0 Å². The summed E-state index contributed by atoms with van der Waals surface area (Å²) in [5, 5.41) is 10.4. The van der Waals surface area contributed by atoms with Crippen LogP contribution in [0.4, 0.5) is 0 Å². The van der Waals surface area contributed by atoms with Crippen LogP contribution in [-0.2, 0) is 10.3 Å². The van der Waals surface area contributed by atoms with Crippen molar-refractivity contribution in [2.24, 2.45) is 5.73 Å². The first-order valence-corrected chi connectivity index (χ1v) is 6.45. The zero-order valence-corrected chi connectivity index (χ0v) is 10.8. The van der Waals surface area contributed by atoms with E-state index >= 15 is 0 Å². The van der Waals surface area contributed by atoms with Gasteiger partial charge in [0, 0.05) is 13.0 Å². The van der Waals surface area contributed by atoms with Gasteiger partial charge in [-0.3, -0.25) is 0 Å². The molecule has 100 valence electrons. The summed E-state index contributed by atoms with van der Waals surface area (Å²) in [7, 11) is 0. The average molecular weight is 251 g/mol. The molecule has 3 N–H and O–H groups in total. The summed E-state index contributed by atoms with van der Waals surface area (Å²) < 4.78 is 11.1. The molecule has 0 amide bonds. The van der Waals surface area contributed by atoms with Crippen LogP contribution in [0.3, 0.4) is 0 Å². The Morgan fingerprint density at radius 1 is 1.56 bits per heavy atom. The second-order valence-corrected chi connectivity index (χ2v) is 4.72. The Balaban J connectivity index is 2.13. The van der Waals surface area contributed by atoms with Crippen molar-refractivity contribution < 1.29 is 14.6 Å². The first-order chi connectivity index (χ1) is 8.68. The normalized spacial score (nSPS) is 22.7. The highest BCUT2D eigenvalue weighted by Crippen LogP contribution is 2.27. The zero-order chi connectivity index (χ0) is 13.0. The van der Waals surface area contributed by atoms with E-state index in [1.54, 1.807) is 0 Å². The van der Waals surface area contributed by atoms with Crippen LogP contribution in [-0.4, -0.2) is 31.0 Å². The summed E-state index contributed by atoms with van der Waals surface area (Å²) in [4.78, 5) is 0. The maximum Gasteiger partial charge on any atom is 0.124 e. The third-order valence-corrected chi connectivity index (χ3v) is 3.48. The lowest BCUT2D eigenvalue weighted by Crippen LogP contribution is -2.34. The van der Waals surface area contributed by atoms with Crippen molar-refractivity contribution in [1.82, 2.24) is 0 Å². The Hall–Kier alpha value is -1.10. The van der Waals surface area contributed by atoms with Gasteiger partial charge in [0.1, 0.15) is 17.5 Å². The molecule has 4 heteroatoms. The van der Waals surface area contributed by atoms with Crippen LogP contribution in [0.5, 0.6) is 5.75 Å². The van der Waals surface area contributed by atoms with Crippen molar-refractivity contribution in [1.29, 1.82) is 0 Å². The van der Waals surface area contributed by atoms with Gasteiger partial charge in [0.15, 0.2) is 0 Å². The highest BCUT2D eigenvalue weighted by atomic mass is 16.5. The largest absolute Gasteiger partial charge is 0.488 e. The Kier molecular flexibility index (Phi) is 4.22. The van der Waals surface area contributed by atoms with Gasteiger partial charge in [-0.05, 0) is 24.1 Å². The number of nitrogens with two attached hydrogens (primary N) is 1. The van der Waals surface area contributed by atoms with Crippen molar-refractivity contribution in [3.05, 3.63) is 29.8 Å². The molecular formula is C14H21NO3. The zero-order valence-electron chi connectivity index (χ0n) is 10.8. The van der Waals surface area contributed by atoms with E-state index in [-0.39, 0.29) is 12.6 Å². The lowest BCUT2D eigenvalue weighted by atomic mass is 9.91. The van der Waals surface area contributed by atoms with Crippen molar-refractivity contribution >= 4 is 0 Å². The molecule has 1 aromatic carbocycles. The fourth-order valence-corrected chi connectivity index (χ4v) is 2.12. The number of hydrogen-bond acceptors (Lipinski definition) is 4. The molecule has 1 aliphatic heterocycles. The van der Waals surface area contributed by atoms with Gasteiger partial charge in [-0.15, -0.1) is 0 Å². The predicted molar refractivity (Wildman–Crippen MR) is 69.5 cm³/mol. The molecule has 18 heavy (non-hydrogen) atoms. The van der Waals surface area contributed by atoms with Gasteiger partial charge in [0.05, 0.1) is 13.2 Å². The molecule has 0 unspecified atom stereocenters. The summed E-state index contributed by atoms with van der Waals surface area (Å²) in [5.41, 5.74) is 5.49. The summed E-state index contributed by atoms with van der Waals surface area (Å²) in [6, 6.07) is 7.54. The molecule has 0 bridgehead atoms. The highest BCUT2D eigenvalue weighted by molar-refractivity contribution is 5.32. The molecule has 0 saturated carbocycles. The highest BCUT2D eigenvalue weighted by Gasteiger charge is 2.26. The molecule has 0 aromatic heterocycles. The molecule has 0 radical (unpaired) electrons. The van der Waals surface area contributed by atoms with Gasteiger partial charge in [-0.2, -0.15) is 0 Å². The van der Waals surface area contributed by atoms with Gasteiger partial charge in [0.25, 0.3) is 0 Å². The van der Waals surface area contributed by atoms with E-state index in [2.05, 4.69) is 0 Å². The first-order valence-electron chi connectivity index (χ1n) is 6.45. The summed E-state index contributed by atoms with van der Waals surface area (Å²) in [5.74, 6) is 0.767. The second kappa shape index (κ2) is 5.69. The average Bonchev–Trinajstić information content (AvgIpc) is 2.91. The van der Waals surface area contributed by atoms with Crippen molar-refractivity contribution in [3.8, 4) is 5.75 Å². The smallest absolute Gasteiger partial charge is 0.124 e. The molecule has 1 aromatic rings. The van der Waals surface area contributed by atoms with E-state index < -0.39 is 5.60 Å². The number of ether oxygens (including phenoxy) is 2. The fraction of sp³-hybridized carbons (Fsp3) is 0.571. The second-order valence-electron chi connectivity index (χ2n) is 4.72. The third kappa shape index (κ3) is 2.83. The number of hydrogen-bond donors (Lipinski definition) is 2. The molecule has 1 aliphatic rings. The minimum absolute atomic E-state index is 0.118. The molecule has 2 rings (SSSR count). The monoisotopic (exact) mass is 251 g/mol. The number of aliphatic hydroxyl groups is 1. The van der Waals surface area contributed by atoms with Gasteiger partial charge in [-0.1, -0.05) is 19.1 Å². The minimum atomic E-state index is -0.967. The summed E-state index contributed by atoms with van der Waals surface area (Å²) in [6.45, 7) is 3.52. The fourth-order valence-electron chi connectivity index (χ4n) is 2.12. The Morgan fingerprint density at radius 2 is 2.39 bits per heavy atom. The predicted octanol–water partition coefficient (Wildman–Crippen LogP) is 1.41. The SMILES string of the molecule is CC[C@@](O)(CN)c1cccc(O[C@@H]2CCOC2)c1. The van der Waals surface area contributed by atoms with Gasteiger partial charge >= 0.3 is 0 Å². The van der Waals surface area contributed by atoms with E-state index in [1.807, 2.05) is 31.2 Å². The Labute approximate surface area is 108 Å². The summed E-state index contributed by atoms with van der Waals surface area (Å²) in [6.07, 6.45) is 1.62. The van der Waals surface area contributed by atoms with Crippen molar-refractivity contribution in [2.45, 2.75) is 31.5 Å². The molecule has 1 heterocycles. The minimum Gasteiger partial charge on any atom is -0.488 e. The maximum atomic E-state index is 10.4. The van der Waals surface area contributed by atoms with Gasteiger partial charge < -0.3 is 20.3 Å². The quantitative estimate of drug-likeness (QED) is 0.830. The van der Waals surface area contributed by atoms with Gasteiger partial charge in [0.2, 0.25) is 0 Å². The molecule has 2 atom stereocenters. The molecule has 1 saturated heterocycles. The Bertz CT molecular complexity index is 384. The maximum absolute atomic E-state index is 10.4. The molecule has 4 nitrogen and oxygen atoms in total. The number of rotatable bonds is 5. The van der Waals surface area contributed by atoms with E-state index in [9.17, 15) is 5.11 Å². The Morgan fingerprint density at radius 3 is 3.00 bits per heavy atom. The van der Waals surface area contributed by atoms with Crippen LogP contribution < -0.4 is 10.5 Å². The molecule has 0 spiro atoms. The van der Waals surface area contributed by atoms with Crippen LogP contribution in [0.1, 0.15) is 25.3 Å². The van der Waals surface area contributed by atoms with Crippen LogP contribution in [0.15, 0.2) is 24.3 Å². The first kappa shape index (κ1) is 13.3. The van der Waals surface area contributed by atoms with E-state index in [4.69, 9.17) is 15.2 Å². The van der Waals surface area contributed by atoms with Crippen LogP contribution in [0.25, 0.3) is 0 Å². The number of benzene rings is 1. The summed E-state index contributed by atoms with van der Waals surface area (Å²) >= 11 is 0. The van der Waals surface area contributed by atoms with Crippen molar-refractivity contribution in [2.75, 3.05) is 19.8 Å². The molecular weight excluding hydrogens is 230 g/mol. The standard InChI is InChI=1S/C14H21NO3/c1-2-14(16,10-15)11-4-3-5-12(8-11)18-13-6-7-17-9-13/h3-5,8,13,16H,2,6-7,9-10,15H2,1H3/t13-,14-/m1/s1. The van der Waals surface area contributed by atoms with Crippen LogP contribution >= 0.6 is 0 Å². The van der Waals surface area contributed by atoms with Gasteiger partial charge in [-0.25, -0.2) is 0 Å². The van der Waals surface area contributed by atoms with E-state index in [1.165, 1.54) is 0 Å². The molecule has 1 fully saturated rings. The van der Waals surface area contributed by atoms with Crippen molar-refractivity contribution in [3.63, 3.8) is 0 Å². The molecule has 0 aliphatic carbocycles.